The van der Waals surface area contributed by atoms with E-state index in [-0.39, 0.29) is 11.8 Å². The van der Waals surface area contributed by atoms with Gasteiger partial charge in [-0.3, -0.25) is 4.79 Å². The lowest BCUT2D eigenvalue weighted by Crippen LogP contribution is -2.28. The topological polar surface area (TPSA) is 43.1 Å². The fraction of sp³-hybridized carbons (Fsp3) is 0.875. The number of carbonyl (C=O) groups is 1. The highest BCUT2D eigenvalue weighted by atomic mass is 32.2. The molecule has 0 aromatic rings. The van der Waals surface area contributed by atoms with Crippen LogP contribution in [0.5, 0.6) is 0 Å². The highest BCUT2D eigenvalue weighted by Crippen LogP contribution is 1.98. The van der Waals surface area contributed by atoms with Crippen molar-refractivity contribution in [2.24, 2.45) is 5.73 Å². The summed E-state index contributed by atoms with van der Waals surface area (Å²) in [6.07, 6.45) is 2.81. The van der Waals surface area contributed by atoms with Crippen LogP contribution in [0.15, 0.2) is 0 Å². The number of hydrogen-bond donors (Lipinski definition) is 1. The summed E-state index contributed by atoms with van der Waals surface area (Å²) in [5, 5.41) is 0. The summed E-state index contributed by atoms with van der Waals surface area (Å²) in [6, 6.07) is -0.238. The van der Waals surface area contributed by atoms with Crippen molar-refractivity contribution in [1.82, 2.24) is 0 Å². The molecule has 0 aromatic carbocycles. The standard InChI is InChI=1S/C6H13NOS.C2H6/c1-5(8)6(7)3-4-9-2;1-2/h6H,3-4,7H2,1-2H3;1-2H3/t6-;/m0./s1. The van der Waals surface area contributed by atoms with Gasteiger partial charge >= 0.3 is 0 Å². The molecule has 0 aromatic heterocycles. The number of rotatable bonds is 4. The molecule has 0 spiro atoms. The minimum Gasteiger partial charge on any atom is -0.321 e. The van der Waals surface area contributed by atoms with E-state index >= 15 is 0 Å². The van der Waals surface area contributed by atoms with Crippen molar-refractivity contribution in [2.75, 3.05) is 12.0 Å². The Kier molecular flexibility index (Phi) is 12.3. The smallest absolute Gasteiger partial charge is 0.146 e. The van der Waals surface area contributed by atoms with Gasteiger partial charge in [0.15, 0.2) is 0 Å². The zero-order valence-electron chi connectivity index (χ0n) is 7.89. The summed E-state index contributed by atoms with van der Waals surface area (Å²) in [5.41, 5.74) is 5.44. The van der Waals surface area contributed by atoms with E-state index in [2.05, 4.69) is 0 Å². The lowest BCUT2D eigenvalue weighted by molar-refractivity contribution is -0.118. The summed E-state index contributed by atoms with van der Waals surface area (Å²) in [7, 11) is 0. The predicted molar refractivity (Wildman–Crippen MR) is 53.0 cm³/mol. The molecule has 0 bridgehead atoms. The third kappa shape index (κ3) is 9.98. The average Bonchev–Trinajstić information content (AvgIpc) is 2.03. The second-order valence-electron chi connectivity index (χ2n) is 2.00. The molecule has 0 aliphatic heterocycles. The normalized spacial score (nSPS) is 11.4. The average molecular weight is 177 g/mol. The molecular weight excluding hydrogens is 158 g/mol. The van der Waals surface area contributed by atoms with Crippen molar-refractivity contribution < 1.29 is 4.79 Å². The molecule has 1 atom stereocenters. The van der Waals surface area contributed by atoms with Crippen LogP contribution in [0.25, 0.3) is 0 Å². The Morgan fingerprint density at radius 3 is 2.27 bits per heavy atom. The van der Waals surface area contributed by atoms with Crippen LogP contribution >= 0.6 is 11.8 Å². The maximum atomic E-state index is 10.5. The predicted octanol–water partition coefficient (Wildman–Crippen LogP) is 1.68. The van der Waals surface area contributed by atoms with Crippen LogP contribution in [-0.4, -0.2) is 23.8 Å². The first kappa shape index (κ1) is 13.6. The Hall–Kier alpha value is -0.0200. The van der Waals surface area contributed by atoms with E-state index in [9.17, 15) is 4.79 Å². The van der Waals surface area contributed by atoms with Crippen molar-refractivity contribution >= 4 is 17.5 Å². The van der Waals surface area contributed by atoms with E-state index in [0.717, 1.165) is 12.2 Å². The number of Topliss-reactive ketones (excluding diaryl/α,β-unsaturated/α-hetero) is 1. The van der Waals surface area contributed by atoms with Crippen LogP contribution in [0.2, 0.25) is 0 Å². The van der Waals surface area contributed by atoms with Gasteiger partial charge in [0.25, 0.3) is 0 Å². The third-order valence-electron chi connectivity index (χ3n) is 1.16. The highest BCUT2D eigenvalue weighted by molar-refractivity contribution is 7.98. The molecule has 0 fully saturated rings. The summed E-state index contributed by atoms with van der Waals surface area (Å²) in [6.45, 7) is 5.53. The van der Waals surface area contributed by atoms with Gasteiger partial charge in [0.1, 0.15) is 5.78 Å². The van der Waals surface area contributed by atoms with E-state index in [1.54, 1.807) is 11.8 Å². The lowest BCUT2D eigenvalue weighted by atomic mass is 10.2. The zero-order chi connectivity index (χ0) is 9.28. The molecule has 2 N–H and O–H groups in total. The number of hydrogen-bond acceptors (Lipinski definition) is 3. The molecule has 68 valence electrons. The number of nitrogens with two attached hydrogens (primary N) is 1. The first-order chi connectivity index (χ1) is 5.18. The van der Waals surface area contributed by atoms with Crippen LogP contribution in [0.3, 0.4) is 0 Å². The number of ketones is 1. The lowest BCUT2D eigenvalue weighted by Gasteiger charge is -2.03. The van der Waals surface area contributed by atoms with Crippen molar-refractivity contribution in [3.63, 3.8) is 0 Å². The van der Waals surface area contributed by atoms with Crippen LogP contribution in [0, 0.1) is 0 Å². The van der Waals surface area contributed by atoms with Gasteiger partial charge in [-0.15, -0.1) is 0 Å². The molecule has 0 saturated carbocycles. The Labute approximate surface area is 73.9 Å². The Morgan fingerprint density at radius 1 is 1.55 bits per heavy atom. The number of thioether (sulfide) groups is 1. The van der Waals surface area contributed by atoms with E-state index in [1.807, 2.05) is 20.1 Å². The second kappa shape index (κ2) is 9.98. The molecule has 2 nitrogen and oxygen atoms in total. The van der Waals surface area contributed by atoms with Gasteiger partial charge in [0, 0.05) is 0 Å². The van der Waals surface area contributed by atoms with Gasteiger partial charge in [0.05, 0.1) is 6.04 Å². The van der Waals surface area contributed by atoms with Crippen molar-refractivity contribution in [3.05, 3.63) is 0 Å². The molecule has 0 unspecified atom stereocenters. The fourth-order valence-corrected chi connectivity index (χ4v) is 0.938. The van der Waals surface area contributed by atoms with Crippen molar-refractivity contribution in [2.45, 2.75) is 33.2 Å². The summed E-state index contributed by atoms with van der Waals surface area (Å²) in [5.74, 6) is 1.06. The molecule has 0 saturated heterocycles. The maximum Gasteiger partial charge on any atom is 0.146 e. The van der Waals surface area contributed by atoms with E-state index in [0.29, 0.717) is 0 Å². The molecule has 0 aliphatic carbocycles. The van der Waals surface area contributed by atoms with Crippen LogP contribution in [0.1, 0.15) is 27.2 Å². The van der Waals surface area contributed by atoms with E-state index in [1.165, 1.54) is 6.92 Å². The number of carbonyl (C=O) groups excluding carboxylic acids is 1. The summed E-state index contributed by atoms with van der Waals surface area (Å²) < 4.78 is 0. The van der Waals surface area contributed by atoms with Gasteiger partial charge in [-0.05, 0) is 25.4 Å². The van der Waals surface area contributed by atoms with Gasteiger partial charge in [-0.2, -0.15) is 11.8 Å². The quantitative estimate of drug-likeness (QED) is 0.710. The molecule has 0 amide bonds. The van der Waals surface area contributed by atoms with Crippen LogP contribution < -0.4 is 5.73 Å². The minimum atomic E-state index is -0.238. The molecule has 0 radical (unpaired) electrons. The third-order valence-corrected chi connectivity index (χ3v) is 1.80. The summed E-state index contributed by atoms with van der Waals surface area (Å²) in [4.78, 5) is 10.5. The summed E-state index contributed by atoms with van der Waals surface area (Å²) >= 11 is 1.72. The zero-order valence-corrected chi connectivity index (χ0v) is 8.70. The van der Waals surface area contributed by atoms with Gasteiger partial charge in [-0.1, -0.05) is 13.8 Å². The molecule has 0 rings (SSSR count). The van der Waals surface area contributed by atoms with Gasteiger partial charge in [0.2, 0.25) is 0 Å². The first-order valence-electron chi connectivity index (χ1n) is 3.93. The Morgan fingerprint density at radius 2 is 2.00 bits per heavy atom. The molecular formula is C8H19NOS. The highest BCUT2D eigenvalue weighted by Gasteiger charge is 2.05. The van der Waals surface area contributed by atoms with Crippen LogP contribution in [0.4, 0.5) is 0 Å². The van der Waals surface area contributed by atoms with E-state index in [4.69, 9.17) is 5.73 Å². The van der Waals surface area contributed by atoms with Crippen molar-refractivity contribution in [1.29, 1.82) is 0 Å². The second-order valence-corrected chi connectivity index (χ2v) is 2.98. The first-order valence-corrected chi connectivity index (χ1v) is 5.33. The monoisotopic (exact) mass is 177 g/mol. The maximum absolute atomic E-state index is 10.5. The Bertz CT molecular complexity index is 96.1. The SMILES string of the molecule is CC.CSCC[C@H](N)C(C)=O. The van der Waals surface area contributed by atoms with Crippen LogP contribution in [-0.2, 0) is 4.79 Å². The largest absolute Gasteiger partial charge is 0.321 e. The van der Waals surface area contributed by atoms with Gasteiger partial charge in [-0.25, -0.2) is 0 Å². The molecule has 11 heavy (non-hydrogen) atoms. The minimum absolute atomic E-state index is 0.0871. The fourth-order valence-electron chi connectivity index (χ4n) is 0.448. The Balaban J connectivity index is 0. The van der Waals surface area contributed by atoms with E-state index < -0.39 is 0 Å². The van der Waals surface area contributed by atoms with Crippen molar-refractivity contribution in [3.8, 4) is 0 Å². The van der Waals surface area contributed by atoms with Gasteiger partial charge < -0.3 is 5.73 Å². The molecule has 0 aliphatic rings. The molecule has 0 heterocycles. The molecule has 3 heteroatoms.